The number of halogens is 1. The second-order valence-electron chi connectivity index (χ2n) is 3.50. The number of nitrogens with one attached hydrogen (secondary N) is 1. The van der Waals surface area contributed by atoms with E-state index in [4.69, 9.17) is 16.3 Å². The van der Waals surface area contributed by atoms with Crippen molar-refractivity contribution in [3.8, 4) is 0 Å². The maximum absolute atomic E-state index is 11.7. The molecule has 1 heterocycles. The SMILES string of the molecule is O=C(Nc1ccc(Cl)cc1)C1CCOC1=O. The summed E-state index contributed by atoms with van der Waals surface area (Å²) in [5.74, 6) is -1.47. The molecule has 1 amide bonds. The van der Waals surface area contributed by atoms with Crippen molar-refractivity contribution in [2.24, 2.45) is 5.92 Å². The van der Waals surface area contributed by atoms with E-state index in [1.165, 1.54) is 0 Å². The average Bonchev–Trinajstić information content (AvgIpc) is 2.68. The largest absolute Gasteiger partial charge is 0.465 e. The molecule has 1 aromatic carbocycles. The number of anilines is 1. The van der Waals surface area contributed by atoms with Crippen molar-refractivity contribution >= 4 is 29.2 Å². The van der Waals surface area contributed by atoms with Gasteiger partial charge in [0.25, 0.3) is 0 Å². The predicted octanol–water partition coefficient (Wildman–Crippen LogP) is 1.84. The van der Waals surface area contributed by atoms with Crippen LogP contribution < -0.4 is 5.32 Å². The van der Waals surface area contributed by atoms with Crippen LogP contribution in [-0.4, -0.2) is 18.5 Å². The van der Waals surface area contributed by atoms with E-state index >= 15 is 0 Å². The highest BCUT2D eigenvalue weighted by Gasteiger charge is 2.33. The Bertz CT molecular complexity index is 416. The topological polar surface area (TPSA) is 55.4 Å². The Morgan fingerprint density at radius 3 is 2.62 bits per heavy atom. The maximum atomic E-state index is 11.7. The molecule has 0 saturated carbocycles. The minimum absolute atomic E-state index is 0.317. The molecule has 1 aromatic rings. The molecule has 2 rings (SSSR count). The Morgan fingerprint density at radius 1 is 1.38 bits per heavy atom. The number of hydrogen-bond donors (Lipinski definition) is 1. The van der Waals surface area contributed by atoms with Crippen LogP contribution in [0.1, 0.15) is 6.42 Å². The standard InChI is InChI=1S/C11H10ClNO3/c12-7-1-3-8(4-2-7)13-10(14)9-5-6-16-11(9)15/h1-4,9H,5-6H2,(H,13,14). The molecule has 0 aromatic heterocycles. The van der Waals surface area contributed by atoms with Gasteiger partial charge in [0.2, 0.25) is 5.91 Å². The number of cyclic esters (lactones) is 1. The molecule has 1 N–H and O–H groups in total. The second-order valence-corrected chi connectivity index (χ2v) is 3.94. The summed E-state index contributed by atoms with van der Waals surface area (Å²) in [5, 5.41) is 3.24. The van der Waals surface area contributed by atoms with Crippen LogP contribution in [0.15, 0.2) is 24.3 Å². The smallest absolute Gasteiger partial charge is 0.318 e. The zero-order chi connectivity index (χ0) is 11.5. The zero-order valence-electron chi connectivity index (χ0n) is 8.40. The fraction of sp³-hybridized carbons (Fsp3) is 0.273. The Labute approximate surface area is 97.5 Å². The quantitative estimate of drug-likeness (QED) is 0.633. The van der Waals surface area contributed by atoms with Gasteiger partial charge < -0.3 is 10.1 Å². The first-order valence-electron chi connectivity index (χ1n) is 4.90. The first-order chi connectivity index (χ1) is 7.66. The molecule has 1 unspecified atom stereocenters. The molecule has 84 valence electrons. The lowest BCUT2D eigenvalue weighted by Gasteiger charge is -2.07. The molecule has 0 spiro atoms. The van der Waals surface area contributed by atoms with Crippen molar-refractivity contribution in [3.05, 3.63) is 29.3 Å². The van der Waals surface area contributed by atoms with Crippen molar-refractivity contribution in [3.63, 3.8) is 0 Å². The minimum atomic E-state index is -0.685. The summed E-state index contributed by atoms with van der Waals surface area (Å²) in [6, 6.07) is 6.70. The summed E-state index contributed by atoms with van der Waals surface area (Å²) in [5.41, 5.74) is 0.620. The van der Waals surface area contributed by atoms with Crippen LogP contribution in [-0.2, 0) is 14.3 Å². The monoisotopic (exact) mass is 239 g/mol. The van der Waals surface area contributed by atoms with E-state index in [1.54, 1.807) is 24.3 Å². The lowest BCUT2D eigenvalue weighted by molar-refractivity contribution is -0.143. The summed E-state index contributed by atoms with van der Waals surface area (Å²) in [4.78, 5) is 22.8. The Balaban J connectivity index is 2.02. The molecule has 1 atom stereocenters. The van der Waals surface area contributed by atoms with Gasteiger partial charge in [0, 0.05) is 17.1 Å². The molecule has 5 heteroatoms. The van der Waals surface area contributed by atoms with E-state index in [0.29, 0.717) is 23.7 Å². The van der Waals surface area contributed by atoms with Crippen LogP contribution in [0.3, 0.4) is 0 Å². The van der Waals surface area contributed by atoms with Crippen LogP contribution in [0.2, 0.25) is 5.02 Å². The van der Waals surface area contributed by atoms with Crippen molar-refractivity contribution in [2.45, 2.75) is 6.42 Å². The minimum Gasteiger partial charge on any atom is -0.465 e. The molecule has 4 nitrogen and oxygen atoms in total. The van der Waals surface area contributed by atoms with E-state index < -0.39 is 11.9 Å². The number of carbonyl (C=O) groups excluding carboxylic acids is 2. The Morgan fingerprint density at radius 2 is 2.06 bits per heavy atom. The molecule has 1 saturated heterocycles. The molecule has 16 heavy (non-hydrogen) atoms. The van der Waals surface area contributed by atoms with Crippen LogP contribution in [0, 0.1) is 5.92 Å². The van der Waals surface area contributed by atoms with Gasteiger partial charge in [-0.15, -0.1) is 0 Å². The summed E-state index contributed by atoms with van der Waals surface area (Å²) < 4.78 is 4.72. The van der Waals surface area contributed by atoms with E-state index in [9.17, 15) is 9.59 Å². The highest BCUT2D eigenvalue weighted by Crippen LogP contribution is 2.18. The molecule has 0 aliphatic carbocycles. The number of carbonyl (C=O) groups is 2. The van der Waals surface area contributed by atoms with Gasteiger partial charge >= 0.3 is 5.97 Å². The average molecular weight is 240 g/mol. The lowest BCUT2D eigenvalue weighted by Crippen LogP contribution is -2.26. The molecule has 1 aliphatic heterocycles. The van der Waals surface area contributed by atoms with Crippen LogP contribution in [0.5, 0.6) is 0 Å². The fourth-order valence-corrected chi connectivity index (χ4v) is 1.62. The second kappa shape index (κ2) is 4.53. The number of benzene rings is 1. The number of esters is 1. The third kappa shape index (κ3) is 2.33. The van der Waals surface area contributed by atoms with E-state index in [0.717, 1.165) is 0 Å². The summed E-state index contributed by atoms with van der Waals surface area (Å²) in [6.07, 6.45) is 0.443. The molecule has 1 fully saturated rings. The van der Waals surface area contributed by atoms with Gasteiger partial charge in [-0.05, 0) is 24.3 Å². The zero-order valence-corrected chi connectivity index (χ0v) is 9.16. The van der Waals surface area contributed by atoms with E-state index in [2.05, 4.69) is 5.32 Å². The van der Waals surface area contributed by atoms with Gasteiger partial charge in [0.1, 0.15) is 5.92 Å². The molecular formula is C11H10ClNO3. The molecule has 0 radical (unpaired) electrons. The first kappa shape index (κ1) is 11.0. The van der Waals surface area contributed by atoms with E-state index in [-0.39, 0.29) is 5.91 Å². The van der Waals surface area contributed by atoms with Crippen LogP contribution in [0.4, 0.5) is 5.69 Å². The van der Waals surface area contributed by atoms with Crippen LogP contribution >= 0.6 is 11.6 Å². The first-order valence-corrected chi connectivity index (χ1v) is 5.27. The van der Waals surface area contributed by atoms with Gasteiger partial charge in [-0.2, -0.15) is 0 Å². The highest BCUT2D eigenvalue weighted by atomic mass is 35.5. The van der Waals surface area contributed by atoms with Crippen molar-refractivity contribution in [1.29, 1.82) is 0 Å². The van der Waals surface area contributed by atoms with Crippen molar-refractivity contribution in [2.75, 3.05) is 11.9 Å². The van der Waals surface area contributed by atoms with Gasteiger partial charge in [-0.3, -0.25) is 9.59 Å². The van der Waals surface area contributed by atoms with Gasteiger partial charge in [-0.1, -0.05) is 11.6 Å². The third-order valence-corrected chi connectivity index (χ3v) is 2.62. The number of hydrogen-bond acceptors (Lipinski definition) is 3. The molecule has 1 aliphatic rings. The van der Waals surface area contributed by atoms with E-state index in [1.807, 2.05) is 0 Å². The maximum Gasteiger partial charge on any atom is 0.318 e. The van der Waals surface area contributed by atoms with Gasteiger partial charge in [0.05, 0.1) is 6.61 Å². The number of rotatable bonds is 2. The fourth-order valence-electron chi connectivity index (χ4n) is 1.50. The Kier molecular flexibility index (Phi) is 3.10. The number of ether oxygens (including phenoxy) is 1. The van der Waals surface area contributed by atoms with Gasteiger partial charge in [0.15, 0.2) is 0 Å². The van der Waals surface area contributed by atoms with Gasteiger partial charge in [-0.25, -0.2) is 0 Å². The summed E-state index contributed by atoms with van der Waals surface area (Å²) in [6.45, 7) is 0.317. The third-order valence-electron chi connectivity index (χ3n) is 2.36. The van der Waals surface area contributed by atoms with Crippen molar-refractivity contribution in [1.82, 2.24) is 0 Å². The van der Waals surface area contributed by atoms with Crippen molar-refractivity contribution < 1.29 is 14.3 Å². The lowest BCUT2D eigenvalue weighted by atomic mass is 10.1. The summed E-state index contributed by atoms with van der Waals surface area (Å²) in [7, 11) is 0. The number of amides is 1. The normalized spacial score (nSPS) is 19.3. The Hall–Kier alpha value is -1.55. The summed E-state index contributed by atoms with van der Waals surface area (Å²) >= 11 is 5.71. The van der Waals surface area contributed by atoms with Crippen LogP contribution in [0.25, 0.3) is 0 Å². The molecular weight excluding hydrogens is 230 g/mol. The highest BCUT2D eigenvalue weighted by molar-refractivity contribution is 6.30. The molecule has 0 bridgehead atoms. The predicted molar refractivity (Wildman–Crippen MR) is 59.1 cm³/mol.